The van der Waals surface area contributed by atoms with Crippen molar-refractivity contribution < 1.29 is 4.79 Å². The smallest absolute Gasteiger partial charge is 0.251 e. The molecular weight excluding hydrogens is 200 g/mol. The number of aryl methyl sites for hydroxylation is 1. The Hall–Kier alpha value is -1.77. The van der Waals surface area contributed by atoms with Crippen molar-refractivity contribution in [3.05, 3.63) is 41.0 Å². The van der Waals surface area contributed by atoms with Crippen molar-refractivity contribution in [1.29, 1.82) is 0 Å². The van der Waals surface area contributed by atoms with Gasteiger partial charge in [0.25, 0.3) is 5.91 Å². The monoisotopic (exact) mass is 218 g/mol. The number of nitrogens with one attached hydrogen (secondary N) is 1. The Morgan fingerprint density at radius 2 is 2.12 bits per heavy atom. The Balaban J connectivity index is 2.73. The summed E-state index contributed by atoms with van der Waals surface area (Å²) in [7, 11) is 0. The quantitative estimate of drug-likeness (QED) is 0.604. The standard InChI is InChI=1S/C13H18N2O/c1-9(2)6-7-15-13(16)12-8-11(14)5-4-10(12)3/h4-6,8H,7,14H2,1-3H3,(H,15,16). The van der Waals surface area contributed by atoms with E-state index in [1.165, 1.54) is 5.57 Å². The summed E-state index contributed by atoms with van der Waals surface area (Å²) in [6, 6.07) is 5.35. The molecule has 3 heteroatoms. The molecule has 0 unspecified atom stereocenters. The predicted octanol–water partition coefficient (Wildman–Crippen LogP) is 2.27. The van der Waals surface area contributed by atoms with E-state index in [-0.39, 0.29) is 5.91 Å². The molecule has 0 atom stereocenters. The summed E-state index contributed by atoms with van der Waals surface area (Å²) < 4.78 is 0. The SMILES string of the molecule is CC(C)=CCNC(=O)c1cc(N)ccc1C. The van der Waals surface area contributed by atoms with Crippen LogP contribution in [0.2, 0.25) is 0 Å². The molecular formula is C13H18N2O. The van der Waals surface area contributed by atoms with Crippen LogP contribution in [0.25, 0.3) is 0 Å². The van der Waals surface area contributed by atoms with Crippen LogP contribution in [0.4, 0.5) is 5.69 Å². The van der Waals surface area contributed by atoms with Gasteiger partial charge in [-0.05, 0) is 38.5 Å². The van der Waals surface area contributed by atoms with Crippen LogP contribution in [0.1, 0.15) is 29.8 Å². The van der Waals surface area contributed by atoms with E-state index in [0.717, 1.165) is 5.56 Å². The maximum Gasteiger partial charge on any atom is 0.251 e. The topological polar surface area (TPSA) is 55.1 Å². The van der Waals surface area contributed by atoms with Crippen molar-refractivity contribution in [2.24, 2.45) is 0 Å². The molecule has 0 fully saturated rings. The summed E-state index contributed by atoms with van der Waals surface area (Å²) in [5.41, 5.74) is 9.02. The van der Waals surface area contributed by atoms with Gasteiger partial charge in [-0.15, -0.1) is 0 Å². The number of hydrogen-bond acceptors (Lipinski definition) is 2. The predicted molar refractivity (Wildman–Crippen MR) is 67.4 cm³/mol. The molecule has 3 N–H and O–H groups in total. The third-order valence-electron chi connectivity index (χ3n) is 2.28. The van der Waals surface area contributed by atoms with E-state index < -0.39 is 0 Å². The van der Waals surface area contributed by atoms with Crippen LogP contribution < -0.4 is 11.1 Å². The van der Waals surface area contributed by atoms with Crippen LogP contribution in [0.15, 0.2) is 29.8 Å². The van der Waals surface area contributed by atoms with E-state index in [9.17, 15) is 4.79 Å². The lowest BCUT2D eigenvalue weighted by atomic mass is 10.1. The van der Waals surface area contributed by atoms with Gasteiger partial charge in [0.2, 0.25) is 0 Å². The summed E-state index contributed by atoms with van der Waals surface area (Å²) in [6.07, 6.45) is 1.97. The maximum absolute atomic E-state index is 11.8. The molecule has 0 aliphatic rings. The highest BCUT2D eigenvalue weighted by Crippen LogP contribution is 2.12. The van der Waals surface area contributed by atoms with Crippen molar-refractivity contribution in [2.45, 2.75) is 20.8 Å². The number of allylic oxidation sites excluding steroid dienone is 1. The van der Waals surface area contributed by atoms with Crippen LogP contribution in [0, 0.1) is 6.92 Å². The highest BCUT2D eigenvalue weighted by molar-refractivity contribution is 5.96. The number of nitrogens with two attached hydrogens (primary N) is 1. The lowest BCUT2D eigenvalue weighted by molar-refractivity contribution is 0.0957. The number of hydrogen-bond donors (Lipinski definition) is 2. The summed E-state index contributed by atoms with van der Waals surface area (Å²) in [5, 5.41) is 2.83. The number of benzene rings is 1. The Morgan fingerprint density at radius 3 is 2.75 bits per heavy atom. The van der Waals surface area contributed by atoms with Crippen LogP contribution in [-0.4, -0.2) is 12.5 Å². The lowest BCUT2D eigenvalue weighted by Gasteiger charge is -2.07. The van der Waals surface area contributed by atoms with Crippen molar-refractivity contribution in [3.63, 3.8) is 0 Å². The highest BCUT2D eigenvalue weighted by Gasteiger charge is 2.07. The Bertz CT molecular complexity index is 418. The molecule has 0 aromatic heterocycles. The zero-order chi connectivity index (χ0) is 12.1. The van der Waals surface area contributed by atoms with E-state index in [2.05, 4.69) is 5.32 Å². The van der Waals surface area contributed by atoms with Gasteiger partial charge in [0, 0.05) is 17.8 Å². The fraction of sp³-hybridized carbons (Fsp3) is 0.308. The first-order chi connectivity index (χ1) is 7.50. The summed E-state index contributed by atoms with van der Waals surface area (Å²) in [5.74, 6) is -0.0812. The molecule has 0 spiro atoms. The molecule has 16 heavy (non-hydrogen) atoms. The second kappa shape index (κ2) is 5.35. The number of nitrogen functional groups attached to an aromatic ring is 1. The van der Waals surface area contributed by atoms with Gasteiger partial charge in [0.05, 0.1) is 0 Å². The summed E-state index contributed by atoms with van der Waals surface area (Å²) >= 11 is 0. The zero-order valence-electron chi connectivity index (χ0n) is 10.0. The first-order valence-corrected chi connectivity index (χ1v) is 5.28. The van der Waals surface area contributed by atoms with Crippen LogP contribution in [0.5, 0.6) is 0 Å². The Labute approximate surface area is 96.3 Å². The molecule has 1 aromatic carbocycles. The molecule has 1 aromatic rings. The van der Waals surface area contributed by atoms with Gasteiger partial charge in [0.1, 0.15) is 0 Å². The Kier molecular flexibility index (Phi) is 4.11. The first-order valence-electron chi connectivity index (χ1n) is 5.28. The number of anilines is 1. The van der Waals surface area contributed by atoms with Crippen molar-refractivity contribution >= 4 is 11.6 Å². The maximum atomic E-state index is 11.8. The van der Waals surface area contributed by atoms with Gasteiger partial charge in [-0.25, -0.2) is 0 Å². The fourth-order valence-corrected chi connectivity index (χ4v) is 1.33. The number of carbonyl (C=O) groups excluding carboxylic acids is 1. The molecule has 0 saturated heterocycles. The lowest BCUT2D eigenvalue weighted by Crippen LogP contribution is -2.24. The average Bonchev–Trinajstić information content (AvgIpc) is 2.21. The van der Waals surface area contributed by atoms with Crippen molar-refractivity contribution in [1.82, 2.24) is 5.32 Å². The Morgan fingerprint density at radius 1 is 1.44 bits per heavy atom. The van der Waals surface area contributed by atoms with Gasteiger partial charge < -0.3 is 11.1 Å². The van der Waals surface area contributed by atoms with E-state index in [1.54, 1.807) is 12.1 Å². The third-order valence-corrected chi connectivity index (χ3v) is 2.28. The number of rotatable bonds is 3. The third kappa shape index (κ3) is 3.42. The van der Waals surface area contributed by atoms with Crippen LogP contribution in [-0.2, 0) is 0 Å². The highest BCUT2D eigenvalue weighted by atomic mass is 16.1. The first kappa shape index (κ1) is 12.3. The van der Waals surface area contributed by atoms with E-state index in [4.69, 9.17) is 5.73 Å². The zero-order valence-corrected chi connectivity index (χ0v) is 10.0. The minimum atomic E-state index is -0.0812. The minimum Gasteiger partial charge on any atom is -0.399 e. The second-order valence-corrected chi connectivity index (χ2v) is 4.07. The van der Waals surface area contributed by atoms with E-state index >= 15 is 0 Å². The molecule has 0 bridgehead atoms. The molecule has 0 radical (unpaired) electrons. The number of amides is 1. The summed E-state index contributed by atoms with van der Waals surface area (Å²) in [6.45, 7) is 6.44. The van der Waals surface area contributed by atoms with Gasteiger partial charge in [-0.2, -0.15) is 0 Å². The summed E-state index contributed by atoms with van der Waals surface area (Å²) in [4.78, 5) is 11.8. The van der Waals surface area contributed by atoms with Crippen LogP contribution >= 0.6 is 0 Å². The minimum absolute atomic E-state index is 0.0812. The molecule has 0 saturated carbocycles. The van der Waals surface area contributed by atoms with Crippen molar-refractivity contribution in [2.75, 3.05) is 12.3 Å². The molecule has 0 aliphatic carbocycles. The molecule has 1 rings (SSSR count). The largest absolute Gasteiger partial charge is 0.399 e. The van der Waals surface area contributed by atoms with Gasteiger partial charge in [-0.3, -0.25) is 4.79 Å². The van der Waals surface area contributed by atoms with Gasteiger partial charge in [-0.1, -0.05) is 17.7 Å². The molecule has 0 aliphatic heterocycles. The van der Waals surface area contributed by atoms with E-state index in [0.29, 0.717) is 17.8 Å². The molecule has 3 nitrogen and oxygen atoms in total. The molecule has 1 amide bonds. The van der Waals surface area contributed by atoms with Gasteiger partial charge >= 0.3 is 0 Å². The average molecular weight is 218 g/mol. The van der Waals surface area contributed by atoms with Gasteiger partial charge in [0.15, 0.2) is 0 Å². The fourth-order valence-electron chi connectivity index (χ4n) is 1.33. The normalized spacial score (nSPS) is 9.69. The molecule has 86 valence electrons. The number of carbonyl (C=O) groups is 1. The van der Waals surface area contributed by atoms with Crippen LogP contribution in [0.3, 0.4) is 0 Å². The molecule has 0 heterocycles. The van der Waals surface area contributed by atoms with Crippen molar-refractivity contribution in [3.8, 4) is 0 Å². The second-order valence-electron chi connectivity index (χ2n) is 4.07. The van der Waals surface area contributed by atoms with E-state index in [1.807, 2.05) is 32.9 Å².